The molecule has 1 rings (SSSR count). The highest BCUT2D eigenvalue weighted by Crippen LogP contribution is 2.20. The summed E-state index contributed by atoms with van der Waals surface area (Å²) in [6, 6.07) is 3.91. The van der Waals surface area contributed by atoms with Crippen molar-refractivity contribution in [3.05, 3.63) is 35.4 Å². The maximum absolute atomic E-state index is 13.6. The van der Waals surface area contributed by atoms with Gasteiger partial charge in [-0.05, 0) is 45.9 Å². The molecule has 2 nitrogen and oxygen atoms in total. The summed E-state index contributed by atoms with van der Waals surface area (Å²) in [5, 5.41) is 3.08. The lowest BCUT2D eigenvalue weighted by Gasteiger charge is -2.28. The van der Waals surface area contributed by atoms with Gasteiger partial charge in [0.05, 0.1) is 5.60 Å². The molecule has 1 N–H and O–H groups in total. The second-order valence-corrected chi connectivity index (χ2v) is 5.06. The van der Waals surface area contributed by atoms with Crippen LogP contribution in [-0.4, -0.2) is 25.8 Å². The smallest absolute Gasteiger partial charge is 0.129 e. The van der Waals surface area contributed by atoms with E-state index in [1.165, 1.54) is 18.2 Å². The van der Waals surface area contributed by atoms with Gasteiger partial charge in [-0.15, -0.1) is 0 Å². The molecule has 0 heterocycles. The zero-order valence-corrected chi connectivity index (χ0v) is 11.4. The molecule has 0 aliphatic heterocycles. The lowest BCUT2D eigenvalue weighted by molar-refractivity contribution is 0.00759. The second kappa shape index (κ2) is 6.25. The zero-order valence-electron chi connectivity index (χ0n) is 11.4. The summed E-state index contributed by atoms with van der Waals surface area (Å²) in [7, 11) is 3.42. The Morgan fingerprint density at radius 3 is 2.28 bits per heavy atom. The lowest BCUT2D eigenvalue weighted by atomic mass is 9.93. The predicted molar refractivity (Wildman–Crippen MR) is 68.6 cm³/mol. The molecule has 0 bridgehead atoms. The minimum Gasteiger partial charge on any atom is -0.379 e. The van der Waals surface area contributed by atoms with Crippen LogP contribution in [0.4, 0.5) is 8.78 Å². The first-order chi connectivity index (χ1) is 8.39. The lowest BCUT2D eigenvalue weighted by Crippen LogP contribution is -2.37. The van der Waals surface area contributed by atoms with Crippen molar-refractivity contribution >= 4 is 0 Å². The Morgan fingerprint density at radius 1 is 1.28 bits per heavy atom. The van der Waals surface area contributed by atoms with Crippen molar-refractivity contribution in [3.63, 3.8) is 0 Å². The van der Waals surface area contributed by atoms with Crippen LogP contribution in [0.25, 0.3) is 0 Å². The number of halogens is 2. The molecule has 0 fully saturated rings. The van der Waals surface area contributed by atoms with Gasteiger partial charge in [0.15, 0.2) is 0 Å². The molecule has 0 aliphatic carbocycles. The summed E-state index contributed by atoms with van der Waals surface area (Å²) in [4.78, 5) is 0. The van der Waals surface area contributed by atoms with Crippen molar-refractivity contribution in [2.75, 3.05) is 14.2 Å². The minimum absolute atomic E-state index is 0.0358. The van der Waals surface area contributed by atoms with Crippen molar-refractivity contribution in [2.45, 2.75) is 38.3 Å². The Hall–Kier alpha value is -1.00. The van der Waals surface area contributed by atoms with Gasteiger partial charge < -0.3 is 10.1 Å². The van der Waals surface area contributed by atoms with Gasteiger partial charge in [0, 0.05) is 18.7 Å². The Bertz CT molecular complexity index is 373. The van der Waals surface area contributed by atoms with Gasteiger partial charge in [-0.3, -0.25) is 0 Å². The van der Waals surface area contributed by atoms with Gasteiger partial charge in [-0.25, -0.2) is 8.78 Å². The average Bonchev–Trinajstić information content (AvgIpc) is 2.32. The second-order valence-electron chi connectivity index (χ2n) is 5.06. The highest BCUT2D eigenvalue weighted by Gasteiger charge is 2.23. The van der Waals surface area contributed by atoms with Crippen LogP contribution in [0.5, 0.6) is 0 Å². The molecule has 1 aromatic carbocycles. The first-order valence-corrected chi connectivity index (χ1v) is 6.05. The van der Waals surface area contributed by atoms with Crippen LogP contribution in [0, 0.1) is 11.6 Å². The van der Waals surface area contributed by atoms with Gasteiger partial charge >= 0.3 is 0 Å². The molecule has 0 aromatic heterocycles. The Kier molecular flexibility index (Phi) is 5.23. The molecule has 4 heteroatoms. The van der Waals surface area contributed by atoms with Gasteiger partial charge in [-0.2, -0.15) is 0 Å². The molecule has 0 radical (unpaired) electrons. The molecule has 0 amide bonds. The maximum Gasteiger partial charge on any atom is 0.129 e. The number of hydrogen-bond donors (Lipinski definition) is 1. The van der Waals surface area contributed by atoms with Crippen LogP contribution in [0.1, 0.15) is 25.8 Å². The van der Waals surface area contributed by atoms with Crippen LogP contribution < -0.4 is 5.32 Å². The molecule has 1 aromatic rings. The summed E-state index contributed by atoms with van der Waals surface area (Å²) < 4.78 is 32.5. The minimum atomic E-state index is -0.495. The van der Waals surface area contributed by atoms with Crippen LogP contribution >= 0.6 is 0 Å². The highest BCUT2D eigenvalue weighted by molar-refractivity contribution is 5.20. The average molecular weight is 257 g/mol. The van der Waals surface area contributed by atoms with Gasteiger partial charge in [0.25, 0.3) is 0 Å². The third-order valence-electron chi connectivity index (χ3n) is 3.21. The molecule has 0 saturated carbocycles. The van der Waals surface area contributed by atoms with Crippen molar-refractivity contribution < 1.29 is 13.5 Å². The number of likely N-dealkylation sites (N-methyl/N-ethyl adjacent to an activating group) is 1. The van der Waals surface area contributed by atoms with E-state index in [9.17, 15) is 8.78 Å². The molecular weight excluding hydrogens is 236 g/mol. The molecule has 18 heavy (non-hydrogen) atoms. The number of methoxy groups -OCH3 is 1. The van der Waals surface area contributed by atoms with Crippen molar-refractivity contribution in [2.24, 2.45) is 0 Å². The SMILES string of the molecule is CNC(Cc1c(F)cccc1F)CC(C)(C)OC. The third-order valence-corrected chi connectivity index (χ3v) is 3.21. The quantitative estimate of drug-likeness (QED) is 0.846. The largest absolute Gasteiger partial charge is 0.379 e. The van der Waals surface area contributed by atoms with E-state index in [1.54, 1.807) is 14.2 Å². The summed E-state index contributed by atoms with van der Waals surface area (Å²) in [6.07, 6.45) is 0.982. The van der Waals surface area contributed by atoms with Crippen molar-refractivity contribution in [1.29, 1.82) is 0 Å². The van der Waals surface area contributed by atoms with Crippen LogP contribution in [-0.2, 0) is 11.2 Å². The van der Waals surface area contributed by atoms with E-state index in [0.29, 0.717) is 12.8 Å². The van der Waals surface area contributed by atoms with E-state index in [4.69, 9.17) is 4.74 Å². The van der Waals surface area contributed by atoms with Gasteiger partial charge in [0.2, 0.25) is 0 Å². The first-order valence-electron chi connectivity index (χ1n) is 6.05. The molecule has 102 valence electrons. The van der Waals surface area contributed by atoms with Gasteiger partial charge in [0.1, 0.15) is 11.6 Å². The normalized spacial score (nSPS) is 13.7. The summed E-state index contributed by atoms with van der Waals surface area (Å²) in [5.41, 5.74) is -0.196. The summed E-state index contributed by atoms with van der Waals surface area (Å²) in [5.74, 6) is -0.990. The fraction of sp³-hybridized carbons (Fsp3) is 0.571. The number of nitrogens with one attached hydrogen (secondary N) is 1. The van der Waals surface area contributed by atoms with Crippen molar-refractivity contribution in [3.8, 4) is 0 Å². The molecule has 1 unspecified atom stereocenters. The number of rotatable bonds is 6. The first kappa shape index (κ1) is 15.1. The summed E-state index contributed by atoms with van der Waals surface area (Å²) >= 11 is 0. The van der Waals surface area contributed by atoms with E-state index in [-0.39, 0.29) is 17.2 Å². The van der Waals surface area contributed by atoms with E-state index < -0.39 is 11.6 Å². The third kappa shape index (κ3) is 4.03. The molecule has 1 atom stereocenters. The predicted octanol–water partition coefficient (Wildman–Crippen LogP) is 2.91. The van der Waals surface area contributed by atoms with Crippen molar-refractivity contribution in [1.82, 2.24) is 5.32 Å². The van der Waals surface area contributed by atoms with E-state index in [2.05, 4.69) is 5.32 Å². The number of hydrogen-bond acceptors (Lipinski definition) is 2. The monoisotopic (exact) mass is 257 g/mol. The Morgan fingerprint density at radius 2 is 1.83 bits per heavy atom. The molecule has 0 spiro atoms. The van der Waals surface area contributed by atoms with Crippen LogP contribution in [0.2, 0.25) is 0 Å². The number of ether oxygens (including phenoxy) is 1. The van der Waals surface area contributed by atoms with Gasteiger partial charge in [-0.1, -0.05) is 6.07 Å². The molecule has 0 saturated heterocycles. The number of benzene rings is 1. The van der Waals surface area contributed by atoms with Crippen LogP contribution in [0.15, 0.2) is 18.2 Å². The molecular formula is C14H21F2NO. The topological polar surface area (TPSA) is 21.3 Å². The molecule has 0 aliphatic rings. The van der Waals surface area contributed by atoms with Crippen LogP contribution in [0.3, 0.4) is 0 Å². The Balaban J connectivity index is 2.80. The fourth-order valence-corrected chi connectivity index (χ4v) is 1.93. The fourth-order valence-electron chi connectivity index (χ4n) is 1.93. The highest BCUT2D eigenvalue weighted by atomic mass is 19.1. The van der Waals surface area contributed by atoms with E-state index >= 15 is 0 Å². The van der Waals surface area contributed by atoms with E-state index in [0.717, 1.165) is 0 Å². The van der Waals surface area contributed by atoms with E-state index in [1.807, 2.05) is 13.8 Å². The maximum atomic E-state index is 13.6. The summed E-state index contributed by atoms with van der Waals surface area (Å²) in [6.45, 7) is 3.91. The Labute approximate surface area is 107 Å². The standard InChI is InChI=1S/C14H21F2NO/c1-14(2,18-4)9-10(17-3)8-11-12(15)6-5-7-13(11)16/h5-7,10,17H,8-9H2,1-4H3. The zero-order chi connectivity index (χ0) is 13.8.